The molecule has 0 atom stereocenters. The largest absolute Gasteiger partial charge is 0.493 e. The number of para-hydroxylation sites is 2. The Labute approximate surface area is 175 Å². The van der Waals surface area contributed by atoms with Crippen molar-refractivity contribution in [3.8, 4) is 39.5 Å². The summed E-state index contributed by atoms with van der Waals surface area (Å²) in [7, 11) is 5.87. The molecule has 0 fully saturated rings. The highest BCUT2D eigenvalue weighted by atomic mass is 31.0. The molecule has 0 spiro atoms. The molecule has 0 saturated carbocycles. The Kier molecular flexibility index (Phi) is 4.57. The number of aromatic nitrogens is 3. The van der Waals surface area contributed by atoms with Crippen LogP contribution in [0.1, 0.15) is 0 Å². The first kappa shape index (κ1) is 18.5. The highest BCUT2D eigenvalue weighted by Gasteiger charge is 2.18. The highest BCUT2D eigenvalue weighted by molar-refractivity contribution is 7.30. The lowest BCUT2D eigenvalue weighted by Crippen LogP contribution is -1.96. The molecule has 0 saturated heterocycles. The van der Waals surface area contributed by atoms with Gasteiger partial charge in [-0.05, 0) is 29.8 Å². The van der Waals surface area contributed by atoms with Crippen LogP contribution in [-0.2, 0) is 0 Å². The van der Waals surface area contributed by atoms with Crippen molar-refractivity contribution in [1.82, 2.24) is 14.7 Å². The van der Waals surface area contributed by atoms with Crippen molar-refractivity contribution in [2.45, 2.75) is 0 Å². The van der Waals surface area contributed by atoms with Crippen molar-refractivity contribution >= 4 is 30.3 Å². The SMILES string of the molecule is COc1cc(-c2cccc3[nH]c(-c4p[nH]c5ccccc45)nc23)cc(OC)c1OC. The van der Waals surface area contributed by atoms with E-state index in [2.05, 4.69) is 27.9 Å². The molecule has 3 aromatic carbocycles. The Morgan fingerprint density at radius 3 is 2.30 bits per heavy atom. The third-order valence-corrected chi connectivity index (χ3v) is 6.21. The predicted octanol–water partition coefficient (Wildman–Crippen LogP) is 5.98. The van der Waals surface area contributed by atoms with E-state index in [1.165, 1.54) is 5.39 Å². The van der Waals surface area contributed by atoms with Crippen LogP contribution in [-0.4, -0.2) is 36.0 Å². The number of ether oxygens (including phenoxy) is 3. The van der Waals surface area contributed by atoms with Crippen LogP contribution in [0, 0.1) is 0 Å². The first-order valence-corrected chi connectivity index (χ1v) is 10.4. The molecule has 5 rings (SSSR count). The molecule has 0 radical (unpaired) electrons. The Balaban J connectivity index is 1.70. The van der Waals surface area contributed by atoms with Crippen molar-refractivity contribution in [1.29, 1.82) is 0 Å². The molecular weight excluding hydrogens is 397 g/mol. The van der Waals surface area contributed by atoms with Gasteiger partial charge in [0.05, 0.1) is 37.7 Å². The lowest BCUT2D eigenvalue weighted by Gasteiger charge is -2.14. The minimum Gasteiger partial charge on any atom is -0.493 e. The summed E-state index contributed by atoms with van der Waals surface area (Å²) >= 11 is 0. The van der Waals surface area contributed by atoms with E-state index in [9.17, 15) is 0 Å². The summed E-state index contributed by atoms with van der Waals surface area (Å²) in [6, 6.07) is 18.3. The zero-order valence-corrected chi connectivity index (χ0v) is 17.7. The van der Waals surface area contributed by atoms with E-state index in [1.807, 2.05) is 36.4 Å². The molecule has 0 aliphatic carbocycles. The number of aromatic amines is 2. The van der Waals surface area contributed by atoms with Crippen LogP contribution in [0.15, 0.2) is 54.6 Å². The first-order valence-electron chi connectivity index (χ1n) is 9.46. The fraction of sp³-hybridized carbons (Fsp3) is 0.130. The van der Waals surface area contributed by atoms with Crippen LogP contribution in [0.3, 0.4) is 0 Å². The van der Waals surface area contributed by atoms with E-state index in [0.29, 0.717) is 17.2 Å². The number of methoxy groups -OCH3 is 3. The maximum Gasteiger partial charge on any atom is 0.203 e. The molecule has 6 nitrogen and oxygen atoms in total. The first-order chi connectivity index (χ1) is 14.7. The lowest BCUT2D eigenvalue weighted by atomic mass is 10.0. The van der Waals surface area contributed by atoms with Crippen LogP contribution < -0.4 is 14.2 Å². The molecule has 30 heavy (non-hydrogen) atoms. The van der Waals surface area contributed by atoms with E-state index in [-0.39, 0.29) is 0 Å². The standard InChI is InChI=1S/C23H20N3O3P/c1-27-18-11-13(12-19(28-2)21(18)29-3)14-8-6-10-17-20(14)25-23(24-17)22-15-7-4-5-9-16(15)26-30-22/h4-12,26H,1-3H3,(H,24,25). The molecule has 5 aromatic rings. The van der Waals surface area contributed by atoms with Gasteiger partial charge in [0.15, 0.2) is 11.5 Å². The second-order valence-corrected chi connectivity index (χ2v) is 7.71. The molecule has 0 bridgehead atoms. The molecule has 2 N–H and O–H groups in total. The Hall–Kier alpha value is -3.50. The van der Waals surface area contributed by atoms with Gasteiger partial charge in [-0.2, -0.15) is 0 Å². The van der Waals surface area contributed by atoms with Crippen LogP contribution in [0.25, 0.3) is 44.2 Å². The van der Waals surface area contributed by atoms with Crippen LogP contribution in [0.2, 0.25) is 0 Å². The zero-order valence-electron chi connectivity index (χ0n) is 16.8. The summed E-state index contributed by atoms with van der Waals surface area (Å²) in [4.78, 5) is 8.46. The normalized spacial score (nSPS) is 11.4. The van der Waals surface area contributed by atoms with Crippen molar-refractivity contribution in [3.05, 3.63) is 54.6 Å². The van der Waals surface area contributed by atoms with Crippen molar-refractivity contribution < 1.29 is 14.2 Å². The number of imidazole rings is 1. The quantitative estimate of drug-likeness (QED) is 0.369. The van der Waals surface area contributed by atoms with Crippen LogP contribution in [0.4, 0.5) is 0 Å². The van der Waals surface area contributed by atoms with Crippen molar-refractivity contribution in [2.24, 2.45) is 0 Å². The molecule has 2 aromatic heterocycles. The van der Waals surface area contributed by atoms with Gasteiger partial charge in [0.25, 0.3) is 0 Å². The van der Waals surface area contributed by atoms with Gasteiger partial charge in [-0.3, -0.25) is 0 Å². The summed E-state index contributed by atoms with van der Waals surface area (Å²) in [5.74, 6) is 2.66. The van der Waals surface area contributed by atoms with E-state index < -0.39 is 0 Å². The molecular formula is C23H20N3O3P. The van der Waals surface area contributed by atoms with Crippen LogP contribution >= 0.6 is 8.35 Å². The number of hydrogen-bond acceptors (Lipinski definition) is 4. The summed E-state index contributed by atoms with van der Waals surface area (Å²) in [5.41, 5.74) is 4.93. The number of nitrogens with zero attached hydrogens (tertiary/aromatic N) is 1. The third kappa shape index (κ3) is 2.88. The number of fused-ring (bicyclic) bond motifs is 2. The summed E-state index contributed by atoms with van der Waals surface area (Å²) in [6.07, 6.45) is 0. The molecule has 7 heteroatoms. The topological polar surface area (TPSA) is 72.2 Å². The number of rotatable bonds is 5. The van der Waals surface area contributed by atoms with Gasteiger partial charge >= 0.3 is 0 Å². The van der Waals surface area contributed by atoms with E-state index in [1.54, 1.807) is 21.3 Å². The van der Waals surface area contributed by atoms with Gasteiger partial charge in [-0.15, -0.1) is 0 Å². The van der Waals surface area contributed by atoms with Gasteiger partial charge in [-0.1, -0.05) is 30.3 Å². The summed E-state index contributed by atoms with van der Waals surface area (Å²) in [5, 5.41) is 2.31. The smallest absolute Gasteiger partial charge is 0.203 e. The van der Waals surface area contributed by atoms with Gasteiger partial charge in [0.1, 0.15) is 5.82 Å². The number of H-pyrrole nitrogens is 2. The van der Waals surface area contributed by atoms with Gasteiger partial charge in [-0.25, -0.2) is 4.98 Å². The Morgan fingerprint density at radius 1 is 0.833 bits per heavy atom. The monoisotopic (exact) mass is 417 g/mol. The number of nitrogens with one attached hydrogen (secondary N) is 2. The lowest BCUT2D eigenvalue weighted by molar-refractivity contribution is 0.324. The molecule has 150 valence electrons. The fourth-order valence-corrected chi connectivity index (χ4v) is 4.71. The predicted molar refractivity (Wildman–Crippen MR) is 121 cm³/mol. The molecule has 2 heterocycles. The second kappa shape index (κ2) is 7.39. The zero-order chi connectivity index (χ0) is 20.7. The van der Waals surface area contributed by atoms with E-state index >= 15 is 0 Å². The molecule has 0 amide bonds. The van der Waals surface area contributed by atoms with Crippen molar-refractivity contribution in [2.75, 3.05) is 21.3 Å². The minimum absolute atomic E-state index is 0.571. The maximum atomic E-state index is 5.53. The van der Waals surface area contributed by atoms with Crippen molar-refractivity contribution in [3.63, 3.8) is 0 Å². The minimum atomic E-state index is 0.571. The average molecular weight is 417 g/mol. The summed E-state index contributed by atoms with van der Waals surface area (Å²) in [6.45, 7) is 0. The maximum absolute atomic E-state index is 5.53. The molecule has 0 aliphatic heterocycles. The molecule has 0 unspecified atom stereocenters. The van der Waals surface area contributed by atoms with Gasteiger partial charge in [0, 0.05) is 24.8 Å². The van der Waals surface area contributed by atoms with E-state index in [0.717, 1.165) is 47.1 Å². The Bertz CT molecular complexity index is 1350. The average Bonchev–Trinajstić information content (AvgIpc) is 3.41. The highest BCUT2D eigenvalue weighted by Crippen LogP contribution is 2.43. The second-order valence-electron chi connectivity index (χ2n) is 6.82. The van der Waals surface area contributed by atoms with Crippen LogP contribution in [0.5, 0.6) is 17.2 Å². The fourth-order valence-electron chi connectivity index (χ4n) is 3.76. The van der Waals surface area contributed by atoms with Gasteiger partial charge in [0.2, 0.25) is 5.75 Å². The third-order valence-electron chi connectivity index (χ3n) is 5.18. The van der Waals surface area contributed by atoms with E-state index in [4.69, 9.17) is 19.2 Å². The summed E-state index contributed by atoms with van der Waals surface area (Å²) < 4.78 is 19.9. The molecule has 0 aliphatic rings. The Morgan fingerprint density at radius 2 is 1.57 bits per heavy atom. The number of benzene rings is 3. The van der Waals surface area contributed by atoms with Gasteiger partial charge < -0.3 is 23.9 Å². The number of hydrogen-bond donors (Lipinski definition) is 2.